The molecule has 0 amide bonds. The normalized spacial score (nSPS) is 14.3. The number of aromatic nitrogens is 1. The molecule has 1 heterocycles. The Morgan fingerprint density at radius 2 is 2.14 bits per heavy atom. The first kappa shape index (κ1) is 11.3. The van der Waals surface area contributed by atoms with Crippen molar-refractivity contribution >= 4 is 0 Å². The monoisotopic (exact) mass is 194 g/mol. The molecule has 2 heteroatoms. The molecule has 80 valence electrons. The molecule has 2 N–H and O–H groups in total. The van der Waals surface area contributed by atoms with Crippen LogP contribution < -0.4 is 5.32 Å². The average molecular weight is 194 g/mol. The molecular formula is C12H22N2. The highest BCUT2D eigenvalue weighted by atomic mass is 14.9. The van der Waals surface area contributed by atoms with E-state index < -0.39 is 0 Å². The lowest BCUT2D eigenvalue weighted by Gasteiger charge is -2.30. The zero-order valence-corrected chi connectivity index (χ0v) is 9.72. The number of nitrogens with one attached hydrogen (secondary N) is 2. The van der Waals surface area contributed by atoms with E-state index in [4.69, 9.17) is 0 Å². The molecule has 1 aromatic rings. The van der Waals surface area contributed by atoms with Crippen LogP contribution >= 0.6 is 0 Å². The van der Waals surface area contributed by atoms with E-state index in [1.54, 1.807) is 0 Å². The van der Waals surface area contributed by atoms with E-state index in [0.29, 0.717) is 11.5 Å². The largest absolute Gasteiger partial charge is 0.364 e. The van der Waals surface area contributed by atoms with E-state index >= 15 is 0 Å². The molecule has 0 aliphatic rings. The summed E-state index contributed by atoms with van der Waals surface area (Å²) < 4.78 is 0. The average Bonchev–Trinajstić information content (AvgIpc) is 2.55. The Labute approximate surface area is 87.1 Å². The molecule has 0 radical (unpaired) electrons. The standard InChI is InChI=1S/C12H22N2/c1-5-11(12(2,3)4)14-9-10-7-6-8-13-10/h6-8,11,13-14H,5,9H2,1-4H3/t11-/m0/s1. The van der Waals surface area contributed by atoms with Crippen molar-refractivity contribution in [3.05, 3.63) is 24.0 Å². The van der Waals surface area contributed by atoms with Crippen molar-refractivity contribution in [1.29, 1.82) is 0 Å². The van der Waals surface area contributed by atoms with Crippen LogP contribution in [0.2, 0.25) is 0 Å². The van der Waals surface area contributed by atoms with E-state index in [0.717, 1.165) is 6.54 Å². The maximum Gasteiger partial charge on any atom is 0.0359 e. The molecule has 0 aliphatic heterocycles. The summed E-state index contributed by atoms with van der Waals surface area (Å²) in [5.41, 5.74) is 1.59. The van der Waals surface area contributed by atoms with Crippen LogP contribution in [-0.4, -0.2) is 11.0 Å². The lowest BCUT2D eigenvalue weighted by atomic mass is 9.85. The third-order valence-electron chi connectivity index (χ3n) is 2.65. The van der Waals surface area contributed by atoms with Crippen LogP contribution in [0.3, 0.4) is 0 Å². The summed E-state index contributed by atoms with van der Waals surface area (Å²) in [6.07, 6.45) is 3.14. The Balaban J connectivity index is 2.43. The summed E-state index contributed by atoms with van der Waals surface area (Å²) in [7, 11) is 0. The van der Waals surface area contributed by atoms with Crippen molar-refractivity contribution in [2.24, 2.45) is 5.41 Å². The van der Waals surface area contributed by atoms with Gasteiger partial charge in [0, 0.05) is 24.5 Å². The molecule has 0 saturated carbocycles. The van der Waals surface area contributed by atoms with Crippen LogP contribution in [0.15, 0.2) is 18.3 Å². The Morgan fingerprint density at radius 1 is 1.43 bits per heavy atom. The van der Waals surface area contributed by atoms with Crippen molar-refractivity contribution in [2.45, 2.75) is 46.7 Å². The Kier molecular flexibility index (Phi) is 3.76. The highest BCUT2D eigenvalue weighted by molar-refractivity contribution is 5.03. The Morgan fingerprint density at radius 3 is 2.57 bits per heavy atom. The number of hydrogen-bond acceptors (Lipinski definition) is 1. The molecule has 1 rings (SSSR count). The van der Waals surface area contributed by atoms with Gasteiger partial charge in [-0.25, -0.2) is 0 Å². The van der Waals surface area contributed by atoms with Crippen molar-refractivity contribution in [1.82, 2.24) is 10.3 Å². The molecule has 0 spiro atoms. The van der Waals surface area contributed by atoms with Gasteiger partial charge in [0.05, 0.1) is 0 Å². The molecule has 0 unspecified atom stereocenters. The zero-order chi connectivity index (χ0) is 10.6. The number of H-pyrrole nitrogens is 1. The first-order valence-corrected chi connectivity index (χ1v) is 5.39. The van der Waals surface area contributed by atoms with Crippen molar-refractivity contribution in [3.8, 4) is 0 Å². The van der Waals surface area contributed by atoms with Crippen LogP contribution in [0.25, 0.3) is 0 Å². The third-order valence-corrected chi connectivity index (χ3v) is 2.65. The van der Waals surface area contributed by atoms with E-state index in [9.17, 15) is 0 Å². The molecule has 0 fully saturated rings. The number of aromatic amines is 1. The second-order valence-electron chi connectivity index (χ2n) is 4.90. The van der Waals surface area contributed by atoms with Gasteiger partial charge in [-0.15, -0.1) is 0 Å². The number of rotatable bonds is 4. The summed E-state index contributed by atoms with van der Waals surface area (Å²) in [6.45, 7) is 10.0. The Hall–Kier alpha value is -0.760. The maximum absolute atomic E-state index is 3.58. The van der Waals surface area contributed by atoms with E-state index in [-0.39, 0.29) is 0 Å². The van der Waals surface area contributed by atoms with Gasteiger partial charge in [-0.1, -0.05) is 27.7 Å². The lowest BCUT2D eigenvalue weighted by Crippen LogP contribution is -2.39. The molecule has 1 aromatic heterocycles. The maximum atomic E-state index is 3.58. The van der Waals surface area contributed by atoms with Gasteiger partial charge in [0.2, 0.25) is 0 Å². The first-order valence-electron chi connectivity index (χ1n) is 5.39. The van der Waals surface area contributed by atoms with E-state index in [2.05, 4.69) is 44.1 Å². The van der Waals surface area contributed by atoms with E-state index in [1.165, 1.54) is 12.1 Å². The quantitative estimate of drug-likeness (QED) is 0.758. The van der Waals surface area contributed by atoms with Crippen molar-refractivity contribution in [2.75, 3.05) is 0 Å². The molecule has 0 aromatic carbocycles. The Bertz CT molecular complexity index is 244. The van der Waals surface area contributed by atoms with Gasteiger partial charge in [0.1, 0.15) is 0 Å². The van der Waals surface area contributed by atoms with Crippen molar-refractivity contribution in [3.63, 3.8) is 0 Å². The predicted octanol–water partition coefficient (Wildman–Crippen LogP) is 2.93. The minimum Gasteiger partial charge on any atom is -0.364 e. The summed E-state index contributed by atoms with van der Waals surface area (Å²) in [4.78, 5) is 3.21. The lowest BCUT2D eigenvalue weighted by molar-refractivity contribution is 0.259. The first-order chi connectivity index (χ1) is 6.54. The van der Waals surface area contributed by atoms with Crippen LogP contribution in [0.5, 0.6) is 0 Å². The van der Waals surface area contributed by atoms with Crippen LogP contribution in [0.4, 0.5) is 0 Å². The van der Waals surface area contributed by atoms with Gasteiger partial charge in [-0.2, -0.15) is 0 Å². The highest BCUT2D eigenvalue weighted by Gasteiger charge is 2.21. The summed E-state index contributed by atoms with van der Waals surface area (Å²) >= 11 is 0. The molecule has 0 saturated heterocycles. The smallest absolute Gasteiger partial charge is 0.0359 e. The SMILES string of the molecule is CC[C@H](NCc1ccc[nH]1)C(C)(C)C. The molecule has 14 heavy (non-hydrogen) atoms. The predicted molar refractivity (Wildman–Crippen MR) is 61.2 cm³/mol. The number of hydrogen-bond donors (Lipinski definition) is 2. The van der Waals surface area contributed by atoms with E-state index in [1.807, 2.05) is 12.3 Å². The van der Waals surface area contributed by atoms with Crippen LogP contribution in [0, 0.1) is 5.41 Å². The minimum absolute atomic E-state index is 0.335. The fourth-order valence-electron chi connectivity index (χ4n) is 1.77. The third kappa shape index (κ3) is 3.18. The second-order valence-corrected chi connectivity index (χ2v) is 4.90. The van der Waals surface area contributed by atoms with Gasteiger partial charge in [-0.3, -0.25) is 0 Å². The zero-order valence-electron chi connectivity index (χ0n) is 9.72. The van der Waals surface area contributed by atoms with Crippen LogP contribution in [-0.2, 0) is 6.54 Å². The highest BCUT2D eigenvalue weighted by Crippen LogP contribution is 2.21. The minimum atomic E-state index is 0.335. The second kappa shape index (κ2) is 4.65. The summed E-state index contributed by atoms with van der Waals surface area (Å²) in [6, 6.07) is 4.73. The fraction of sp³-hybridized carbons (Fsp3) is 0.667. The van der Waals surface area contributed by atoms with Gasteiger partial charge in [0.25, 0.3) is 0 Å². The molecule has 0 aliphatic carbocycles. The summed E-state index contributed by atoms with van der Waals surface area (Å²) in [5, 5.41) is 3.58. The van der Waals surface area contributed by atoms with Gasteiger partial charge < -0.3 is 10.3 Å². The molecule has 2 nitrogen and oxygen atoms in total. The molecular weight excluding hydrogens is 172 g/mol. The van der Waals surface area contributed by atoms with Gasteiger partial charge >= 0.3 is 0 Å². The molecule has 1 atom stereocenters. The fourth-order valence-corrected chi connectivity index (χ4v) is 1.77. The summed E-state index contributed by atoms with van der Waals surface area (Å²) in [5.74, 6) is 0. The molecule has 0 bridgehead atoms. The van der Waals surface area contributed by atoms with Crippen molar-refractivity contribution < 1.29 is 0 Å². The van der Waals surface area contributed by atoms with Crippen LogP contribution in [0.1, 0.15) is 39.8 Å². The van der Waals surface area contributed by atoms with Gasteiger partial charge in [0.15, 0.2) is 0 Å². The topological polar surface area (TPSA) is 27.8 Å². The van der Waals surface area contributed by atoms with Gasteiger partial charge in [-0.05, 0) is 24.0 Å².